The minimum absolute atomic E-state index is 0.158. The number of nitrogens with zero attached hydrogens (tertiary/aromatic N) is 2. The van der Waals surface area contributed by atoms with Crippen molar-refractivity contribution in [2.75, 3.05) is 13.1 Å². The summed E-state index contributed by atoms with van der Waals surface area (Å²) in [4.78, 5) is 6.60. The molecule has 1 fully saturated rings. The molecule has 3 nitrogen and oxygen atoms in total. The molecule has 1 atom stereocenters. The number of pyridine rings is 1. The van der Waals surface area contributed by atoms with E-state index in [0.717, 1.165) is 24.7 Å². The van der Waals surface area contributed by atoms with Crippen molar-refractivity contribution in [3.63, 3.8) is 0 Å². The molecule has 1 aromatic heterocycles. The van der Waals surface area contributed by atoms with Gasteiger partial charge in [0.15, 0.2) is 0 Å². The van der Waals surface area contributed by atoms with Crippen LogP contribution in [0.3, 0.4) is 0 Å². The molecule has 0 radical (unpaired) electrons. The molecule has 0 spiro atoms. The minimum Gasteiger partial charge on any atom is -0.309 e. The maximum Gasteiger partial charge on any atom is 0.0634 e. The second kappa shape index (κ2) is 5.78. The number of nitrogens with one attached hydrogen (secondary N) is 1. The standard InChI is InChI=1S/C15H24ClN3/c1-11(2)14-8-18-15(3,4)10-19(14)9-12-5-6-17-7-13(12)16/h5-7,11,14,18H,8-10H2,1-4H3. The van der Waals surface area contributed by atoms with Crippen LogP contribution in [0.25, 0.3) is 0 Å². The average Bonchev–Trinajstić information content (AvgIpc) is 2.30. The Morgan fingerprint density at radius 3 is 2.89 bits per heavy atom. The summed E-state index contributed by atoms with van der Waals surface area (Å²) in [6.07, 6.45) is 3.55. The second-order valence-electron chi connectivity index (χ2n) is 6.45. The van der Waals surface area contributed by atoms with Crippen LogP contribution in [0.4, 0.5) is 0 Å². The molecule has 0 bridgehead atoms. The van der Waals surface area contributed by atoms with E-state index in [0.29, 0.717) is 12.0 Å². The van der Waals surface area contributed by atoms with Gasteiger partial charge in [0, 0.05) is 43.6 Å². The van der Waals surface area contributed by atoms with E-state index < -0.39 is 0 Å². The Labute approximate surface area is 121 Å². The average molecular weight is 282 g/mol. The lowest BCUT2D eigenvalue weighted by molar-refractivity contribution is 0.0627. The van der Waals surface area contributed by atoms with Crippen LogP contribution in [0.2, 0.25) is 5.02 Å². The van der Waals surface area contributed by atoms with Crippen molar-refractivity contribution < 1.29 is 0 Å². The molecule has 2 heterocycles. The zero-order valence-corrected chi connectivity index (χ0v) is 13.0. The quantitative estimate of drug-likeness (QED) is 0.923. The lowest BCUT2D eigenvalue weighted by atomic mass is 9.92. The summed E-state index contributed by atoms with van der Waals surface area (Å²) in [6, 6.07) is 2.58. The Kier molecular flexibility index (Phi) is 4.49. The van der Waals surface area contributed by atoms with Crippen molar-refractivity contribution in [3.8, 4) is 0 Å². The highest BCUT2D eigenvalue weighted by atomic mass is 35.5. The van der Waals surface area contributed by atoms with Crippen molar-refractivity contribution in [2.45, 2.75) is 45.8 Å². The van der Waals surface area contributed by atoms with Gasteiger partial charge in [0.05, 0.1) is 5.02 Å². The highest BCUT2D eigenvalue weighted by Crippen LogP contribution is 2.24. The van der Waals surface area contributed by atoms with Gasteiger partial charge < -0.3 is 5.32 Å². The largest absolute Gasteiger partial charge is 0.309 e. The second-order valence-corrected chi connectivity index (χ2v) is 6.86. The Bertz CT molecular complexity index is 431. The van der Waals surface area contributed by atoms with E-state index in [1.807, 2.05) is 12.3 Å². The first-order valence-corrected chi connectivity index (χ1v) is 7.34. The minimum atomic E-state index is 0.158. The number of halogens is 1. The molecular weight excluding hydrogens is 258 g/mol. The van der Waals surface area contributed by atoms with Gasteiger partial charge in [-0.3, -0.25) is 9.88 Å². The third kappa shape index (κ3) is 3.68. The smallest absolute Gasteiger partial charge is 0.0634 e. The normalized spacial score (nSPS) is 23.8. The monoisotopic (exact) mass is 281 g/mol. The van der Waals surface area contributed by atoms with E-state index in [1.54, 1.807) is 6.20 Å². The molecule has 1 unspecified atom stereocenters. The SMILES string of the molecule is CC(C)C1CNC(C)(C)CN1Cc1ccncc1Cl. The molecule has 1 aliphatic heterocycles. The first-order chi connectivity index (χ1) is 8.89. The first-order valence-electron chi connectivity index (χ1n) is 6.96. The molecule has 1 aromatic rings. The van der Waals surface area contributed by atoms with Gasteiger partial charge in [0.1, 0.15) is 0 Å². The molecular formula is C15H24ClN3. The number of hydrogen-bond acceptors (Lipinski definition) is 3. The van der Waals surface area contributed by atoms with E-state index in [4.69, 9.17) is 11.6 Å². The van der Waals surface area contributed by atoms with Gasteiger partial charge in [-0.2, -0.15) is 0 Å². The summed E-state index contributed by atoms with van der Waals surface area (Å²) in [5, 5.41) is 4.40. The van der Waals surface area contributed by atoms with Crippen LogP contribution in [0, 0.1) is 5.92 Å². The summed E-state index contributed by atoms with van der Waals surface area (Å²) in [7, 11) is 0. The number of piperazine rings is 1. The van der Waals surface area contributed by atoms with E-state index >= 15 is 0 Å². The summed E-state index contributed by atoms with van der Waals surface area (Å²) in [5.74, 6) is 0.629. The maximum absolute atomic E-state index is 6.24. The molecule has 1 N–H and O–H groups in total. The predicted octanol–water partition coefficient (Wildman–Crippen LogP) is 2.94. The van der Waals surface area contributed by atoms with Crippen LogP contribution >= 0.6 is 11.6 Å². The fraction of sp³-hybridized carbons (Fsp3) is 0.667. The van der Waals surface area contributed by atoms with Crippen molar-refractivity contribution in [3.05, 3.63) is 29.0 Å². The Balaban J connectivity index is 2.16. The van der Waals surface area contributed by atoms with Crippen LogP contribution in [-0.4, -0.2) is 34.6 Å². The van der Waals surface area contributed by atoms with Crippen LogP contribution in [0.5, 0.6) is 0 Å². The third-order valence-corrected chi connectivity index (χ3v) is 4.20. The number of rotatable bonds is 3. The van der Waals surface area contributed by atoms with Gasteiger partial charge in [-0.1, -0.05) is 25.4 Å². The molecule has 0 aromatic carbocycles. The fourth-order valence-corrected chi connectivity index (χ4v) is 2.95. The van der Waals surface area contributed by atoms with Gasteiger partial charge in [-0.05, 0) is 31.4 Å². The molecule has 1 saturated heterocycles. The van der Waals surface area contributed by atoms with Gasteiger partial charge in [0.25, 0.3) is 0 Å². The van der Waals surface area contributed by atoms with Gasteiger partial charge >= 0.3 is 0 Å². The van der Waals surface area contributed by atoms with Gasteiger partial charge in [0.2, 0.25) is 0 Å². The molecule has 0 aliphatic carbocycles. The molecule has 2 rings (SSSR count). The Morgan fingerprint density at radius 1 is 1.53 bits per heavy atom. The van der Waals surface area contributed by atoms with Crippen LogP contribution in [-0.2, 0) is 6.54 Å². The molecule has 0 amide bonds. The number of hydrogen-bond donors (Lipinski definition) is 1. The third-order valence-electron chi connectivity index (χ3n) is 3.86. The van der Waals surface area contributed by atoms with Crippen molar-refractivity contribution in [1.82, 2.24) is 15.2 Å². The zero-order valence-electron chi connectivity index (χ0n) is 12.3. The van der Waals surface area contributed by atoms with Crippen molar-refractivity contribution in [2.24, 2.45) is 5.92 Å². The summed E-state index contributed by atoms with van der Waals surface area (Å²) < 4.78 is 0. The van der Waals surface area contributed by atoms with Gasteiger partial charge in [-0.25, -0.2) is 0 Å². The van der Waals surface area contributed by atoms with Crippen LogP contribution in [0.1, 0.15) is 33.3 Å². The highest BCUT2D eigenvalue weighted by Gasteiger charge is 2.33. The summed E-state index contributed by atoms with van der Waals surface area (Å²) >= 11 is 6.24. The maximum atomic E-state index is 6.24. The van der Waals surface area contributed by atoms with Crippen LogP contribution < -0.4 is 5.32 Å². The first kappa shape index (κ1) is 14.8. The summed E-state index contributed by atoms with van der Waals surface area (Å²) in [5.41, 5.74) is 1.32. The summed E-state index contributed by atoms with van der Waals surface area (Å²) in [6.45, 7) is 12.0. The van der Waals surface area contributed by atoms with Gasteiger partial charge in [-0.15, -0.1) is 0 Å². The van der Waals surface area contributed by atoms with E-state index in [2.05, 4.69) is 42.9 Å². The predicted molar refractivity (Wildman–Crippen MR) is 80.4 cm³/mol. The Hall–Kier alpha value is -0.640. The van der Waals surface area contributed by atoms with E-state index in [-0.39, 0.29) is 5.54 Å². The molecule has 4 heteroatoms. The fourth-order valence-electron chi connectivity index (χ4n) is 2.77. The lowest BCUT2D eigenvalue weighted by Crippen LogP contribution is -2.62. The van der Waals surface area contributed by atoms with Crippen LogP contribution in [0.15, 0.2) is 18.5 Å². The molecule has 19 heavy (non-hydrogen) atoms. The van der Waals surface area contributed by atoms with E-state index in [1.165, 1.54) is 5.56 Å². The topological polar surface area (TPSA) is 28.2 Å². The zero-order chi connectivity index (χ0) is 14.0. The molecule has 106 valence electrons. The van der Waals surface area contributed by atoms with Crippen molar-refractivity contribution >= 4 is 11.6 Å². The Morgan fingerprint density at radius 2 is 2.26 bits per heavy atom. The number of aromatic nitrogens is 1. The highest BCUT2D eigenvalue weighted by molar-refractivity contribution is 6.31. The molecule has 0 saturated carbocycles. The lowest BCUT2D eigenvalue weighted by Gasteiger charge is -2.46. The molecule has 1 aliphatic rings. The van der Waals surface area contributed by atoms with Crippen molar-refractivity contribution in [1.29, 1.82) is 0 Å². The van der Waals surface area contributed by atoms with E-state index in [9.17, 15) is 0 Å².